The SMILES string of the molecule is CCOc1cccc(/C=N/NC(=O)COc2cc(C)cc(C)c2)c1O. The molecule has 25 heavy (non-hydrogen) atoms. The third-order valence-electron chi connectivity index (χ3n) is 3.29. The number of rotatable bonds is 7. The van der Waals surface area contributed by atoms with E-state index in [1.807, 2.05) is 39.0 Å². The summed E-state index contributed by atoms with van der Waals surface area (Å²) in [6, 6.07) is 10.8. The number of nitrogens with one attached hydrogen (secondary N) is 1. The van der Waals surface area contributed by atoms with Gasteiger partial charge < -0.3 is 14.6 Å². The molecule has 0 spiro atoms. The van der Waals surface area contributed by atoms with E-state index in [-0.39, 0.29) is 12.4 Å². The molecule has 1 amide bonds. The maximum Gasteiger partial charge on any atom is 0.277 e. The third kappa shape index (κ3) is 5.53. The van der Waals surface area contributed by atoms with E-state index >= 15 is 0 Å². The molecule has 2 aromatic carbocycles. The van der Waals surface area contributed by atoms with Gasteiger partial charge in [-0.05, 0) is 56.2 Å². The van der Waals surface area contributed by atoms with Gasteiger partial charge in [0.15, 0.2) is 18.1 Å². The van der Waals surface area contributed by atoms with Crippen molar-refractivity contribution < 1.29 is 19.4 Å². The Morgan fingerprint density at radius 1 is 1.20 bits per heavy atom. The molecule has 2 N–H and O–H groups in total. The Morgan fingerprint density at radius 3 is 2.60 bits per heavy atom. The number of aromatic hydroxyl groups is 1. The van der Waals surface area contributed by atoms with E-state index in [0.717, 1.165) is 11.1 Å². The molecule has 0 fully saturated rings. The number of phenols is 1. The molecular formula is C19H22N2O4. The number of benzene rings is 2. The van der Waals surface area contributed by atoms with Gasteiger partial charge in [0.25, 0.3) is 5.91 Å². The van der Waals surface area contributed by atoms with Crippen LogP contribution >= 0.6 is 0 Å². The van der Waals surface area contributed by atoms with Crippen molar-refractivity contribution in [3.63, 3.8) is 0 Å². The Morgan fingerprint density at radius 2 is 1.92 bits per heavy atom. The molecule has 0 radical (unpaired) electrons. The van der Waals surface area contributed by atoms with Gasteiger partial charge in [0.1, 0.15) is 5.75 Å². The Bertz CT molecular complexity index is 752. The molecule has 6 nitrogen and oxygen atoms in total. The minimum Gasteiger partial charge on any atom is -0.504 e. The number of para-hydroxylation sites is 1. The number of hydrogen-bond donors (Lipinski definition) is 2. The van der Waals surface area contributed by atoms with Crippen LogP contribution in [0.5, 0.6) is 17.2 Å². The van der Waals surface area contributed by atoms with Gasteiger partial charge in [-0.3, -0.25) is 4.79 Å². The molecule has 2 aromatic rings. The summed E-state index contributed by atoms with van der Waals surface area (Å²) < 4.78 is 10.7. The lowest BCUT2D eigenvalue weighted by atomic mass is 10.1. The van der Waals surface area contributed by atoms with Gasteiger partial charge in [-0.25, -0.2) is 5.43 Å². The zero-order valence-electron chi connectivity index (χ0n) is 14.6. The van der Waals surface area contributed by atoms with Gasteiger partial charge in [-0.1, -0.05) is 12.1 Å². The van der Waals surface area contributed by atoms with Crippen molar-refractivity contribution in [2.24, 2.45) is 5.10 Å². The number of amides is 1. The number of hydrazone groups is 1. The monoisotopic (exact) mass is 342 g/mol. The highest BCUT2D eigenvalue weighted by Crippen LogP contribution is 2.28. The van der Waals surface area contributed by atoms with Crippen molar-refractivity contribution in [3.8, 4) is 17.2 Å². The van der Waals surface area contributed by atoms with Gasteiger partial charge in [0, 0.05) is 5.56 Å². The van der Waals surface area contributed by atoms with Crippen LogP contribution in [0.25, 0.3) is 0 Å². The van der Waals surface area contributed by atoms with Gasteiger partial charge in [0.2, 0.25) is 0 Å². The molecule has 0 saturated heterocycles. The lowest BCUT2D eigenvalue weighted by molar-refractivity contribution is -0.123. The third-order valence-corrected chi connectivity index (χ3v) is 3.29. The van der Waals surface area contributed by atoms with Crippen LogP contribution in [-0.2, 0) is 4.79 Å². The van der Waals surface area contributed by atoms with Crippen molar-refractivity contribution in [2.75, 3.05) is 13.2 Å². The van der Waals surface area contributed by atoms with E-state index in [1.54, 1.807) is 18.2 Å². The number of hydrogen-bond acceptors (Lipinski definition) is 5. The largest absolute Gasteiger partial charge is 0.504 e. The molecule has 2 rings (SSSR count). The fraction of sp³-hybridized carbons (Fsp3) is 0.263. The summed E-state index contributed by atoms with van der Waals surface area (Å²) in [6.45, 7) is 6.06. The smallest absolute Gasteiger partial charge is 0.277 e. The van der Waals surface area contributed by atoms with Gasteiger partial charge in [0.05, 0.1) is 12.8 Å². The van der Waals surface area contributed by atoms with E-state index < -0.39 is 5.91 Å². The van der Waals surface area contributed by atoms with Gasteiger partial charge in [-0.15, -0.1) is 0 Å². The maximum absolute atomic E-state index is 11.8. The van der Waals surface area contributed by atoms with Crippen LogP contribution in [0.2, 0.25) is 0 Å². The van der Waals surface area contributed by atoms with E-state index in [2.05, 4.69) is 10.5 Å². The second-order valence-corrected chi connectivity index (χ2v) is 5.53. The predicted molar refractivity (Wildman–Crippen MR) is 96.4 cm³/mol. The lowest BCUT2D eigenvalue weighted by Gasteiger charge is -2.08. The van der Waals surface area contributed by atoms with Crippen molar-refractivity contribution in [1.82, 2.24) is 5.43 Å². The molecule has 6 heteroatoms. The van der Waals surface area contributed by atoms with Crippen molar-refractivity contribution in [2.45, 2.75) is 20.8 Å². The molecule has 0 aliphatic heterocycles. The summed E-state index contributed by atoms with van der Waals surface area (Å²) >= 11 is 0. The average molecular weight is 342 g/mol. The number of aryl methyl sites for hydroxylation is 2. The van der Waals surface area contributed by atoms with Crippen LogP contribution in [0.15, 0.2) is 41.5 Å². The second-order valence-electron chi connectivity index (χ2n) is 5.53. The lowest BCUT2D eigenvalue weighted by Crippen LogP contribution is -2.24. The molecule has 0 aliphatic carbocycles. The summed E-state index contributed by atoms with van der Waals surface area (Å²) in [5, 5.41) is 13.9. The van der Waals surface area contributed by atoms with E-state index in [0.29, 0.717) is 23.7 Å². The number of carbonyl (C=O) groups excluding carboxylic acids is 1. The highest BCUT2D eigenvalue weighted by Gasteiger charge is 2.06. The first-order chi connectivity index (χ1) is 12.0. The van der Waals surface area contributed by atoms with Crippen molar-refractivity contribution >= 4 is 12.1 Å². The first-order valence-electron chi connectivity index (χ1n) is 7.97. The van der Waals surface area contributed by atoms with E-state index in [9.17, 15) is 9.90 Å². The average Bonchev–Trinajstić information content (AvgIpc) is 2.56. The molecular weight excluding hydrogens is 320 g/mol. The first kappa shape index (κ1) is 18.3. The van der Waals surface area contributed by atoms with Crippen LogP contribution in [0, 0.1) is 13.8 Å². The molecule has 0 unspecified atom stereocenters. The Labute approximate surface area is 147 Å². The molecule has 0 aromatic heterocycles. The fourth-order valence-corrected chi connectivity index (χ4v) is 2.29. The summed E-state index contributed by atoms with van der Waals surface area (Å²) in [4.78, 5) is 11.8. The molecule has 0 bridgehead atoms. The van der Waals surface area contributed by atoms with E-state index in [4.69, 9.17) is 9.47 Å². The molecule has 132 valence electrons. The van der Waals surface area contributed by atoms with Crippen molar-refractivity contribution in [3.05, 3.63) is 53.1 Å². The Hall–Kier alpha value is -3.02. The normalized spacial score (nSPS) is 10.7. The minimum absolute atomic E-state index is 0.0196. The molecule has 0 aliphatic rings. The van der Waals surface area contributed by atoms with E-state index in [1.165, 1.54) is 6.21 Å². The molecule has 0 saturated carbocycles. The van der Waals surface area contributed by atoms with Crippen LogP contribution in [0.3, 0.4) is 0 Å². The summed E-state index contributed by atoms with van der Waals surface area (Å²) in [5.74, 6) is 0.597. The minimum atomic E-state index is -0.393. The van der Waals surface area contributed by atoms with Gasteiger partial charge in [-0.2, -0.15) is 5.10 Å². The number of nitrogens with zero attached hydrogens (tertiary/aromatic N) is 1. The van der Waals surface area contributed by atoms with Gasteiger partial charge >= 0.3 is 0 Å². The van der Waals surface area contributed by atoms with Crippen LogP contribution < -0.4 is 14.9 Å². The first-order valence-corrected chi connectivity index (χ1v) is 7.97. The van der Waals surface area contributed by atoms with Crippen LogP contribution in [-0.4, -0.2) is 30.4 Å². The summed E-state index contributed by atoms with van der Waals surface area (Å²) in [7, 11) is 0. The summed E-state index contributed by atoms with van der Waals surface area (Å²) in [6.07, 6.45) is 1.35. The second kappa shape index (κ2) is 8.73. The number of ether oxygens (including phenoxy) is 2. The zero-order valence-corrected chi connectivity index (χ0v) is 14.6. The summed E-state index contributed by atoms with van der Waals surface area (Å²) in [5.41, 5.74) is 4.94. The molecule has 0 heterocycles. The topological polar surface area (TPSA) is 80.2 Å². The zero-order chi connectivity index (χ0) is 18.2. The van der Waals surface area contributed by atoms with Crippen LogP contribution in [0.1, 0.15) is 23.6 Å². The highest BCUT2D eigenvalue weighted by atomic mass is 16.5. The highest BCUT2D eigenvalue weighted by molar-refractivity contribution is 5.86. The number of phenolic OH excluding ortho intramolecular Hbond substituents is 1. The maximum atomic E-state index is 11.8. The predicted octanol–water partition coefficient (Wildman–Crippen LogP) is 2.94. The van der Waals surface area contributed by atoms with Crippen LogP contribution in [0.4, 0.5) is 0 Å². The fourth-order valence-electron chi connectivity index (χ4n) is 2.29. The Kier molecular flexibility index (Phi) is 6.39. The number of carbonyl (C=O) groups is 1. The quantitative estimate of drug-likeness (QED) is 0.599. The molecule has 0 atom stereocenters. The Balaban J connectivity index is 1.89. The van der Waals surface area contributed by atoms with Crippen molar-refractivity contribution in [1.29, 1.82) is 0 Å². The standard InChI is InChI=1S/C19H22N2O4/c1-4-24-17-7-5-6-15(19(17)23)11-20-21-18(22)12-25-16-9-13(2)8-14(3)10-16/h5-11,23H,4,12H2,1-3H3,(H,21,22)/b20-11+.